The zero-order chi connectivity index (χ0) is 11.4. The molecule has 2 heterocycles. The van der Waals surface area contributed by atoms with E-state index < -0.39 is 0 Å². The lowest BCUT2D eigenvalue weighted by Crippen LogP contribution is -2.33. The van der Waals surface area contributed by atoms with Crippen LogP contribution in [0.1, 0.15) is 18.5 Å². The first-order valence-corrected chi connectivity index (χ1v) is 5.95. The van der Waals surface area contributed by atoms with Crippen LogP contribution in [0, 0.1) is 12.8 Å². The van der Waals surface area contributed by atoms with Gasteiger partial charge in [-0.3, -0.25) is 0 Å². The van der Waals surface area contributed by atoms with Crippen LogP contribution in [0.3, 0.4) is 0 Å². The number of hydrogen-bond donors (Lipinski definition) is 1. The van der Waals surface area contributed by atoms with Crippen LogP contribution in [0.2, 0.25) is 0 Å². The summed E-state index contributed by atoms with van der Waals surface area (Å²) >= 11 is 0. The molecule has 1 aromatic rings. The van der Waals surface area contributed by atoms with Gasteiger partial charge < -0.3 is 10.2 Å². The van der Waals surface area contributed by atoms with Crippen molar-refractivity contribution in [1.29, 1.82) is 0 Å². The van der Waals surface area contributed by atoms with Gasteiger partial charge in [-0.25, -0.2) is 9.97 Å². The molecule has 1 aliphatic heterocycles. The van der Waals surface area contributed by atoms with Crippen LogP contribution in [-0.4, -0.2) is 41.5 Å². The smallest absolute Gasteiger partial charge is 0.129 e. The fourth-order valence-electron chi connectivity index (χ4n) is 2.07. The van der Waals surface area contributed by atoms with E-state index in [-0.39, 0.29) is 0 Å². The Hall–Kier alpha value is -1.16. The van der Waals surface area contributed by atoms with Crippen LogP contribution in [0.25, 0.3) is 0 Å². The average molecular weight is 220 g/mol. The zero-order valence-electron chi connectivity index (χ0n) is 10.1. The summed E-state index contributed by atoms with van der Waals surface area (Å²) in [5, 5.41) is 3.40. The Kier molecular flexibility index (Phi) is 3.72. The Bertz CT molecular complexity index is 332. The lowest BCUT2D eigenvalue weighted by molar-refractivity contribution is 0.226. The van der Waals surface area contributed by atoms with Crippen LogP contribution < -0.4 is 5.32 Å². The van der Waals surface area contributed by atoms with E-state index in [1.54, 1.807) is 6.33 Å². The molecule has 0 radical (unpaired) electrons. The van der Waals surface area contributed by atoms with E-state index >= 15 is 0 Å². The zero-order valence-corrected chi connectivity index (χ0v) is 10.1. The molecular weight excluding hydrogens is 200 g/mol. The fourth-order valence-corrected chi connectivity index (χ4v) is 2.07. The Morgan fingerprint density at radius 3 is 2.81 bits per heavy atom. The SMILES string of the molecule is Cc1cc(NCC2CCN(C)CC2)ncn1. The maximum Gasteiger partial charge on any atom is 0.129 e. The van der Waals surface area contributed by atoms with E-state index in [0.717, 1.165) is 24.0 Å². The molecule has 1 fully saturated rings. The molecule has 4 nitrogen and oxygen atoms in total. The number of nitrogens with zero attached hydrogens (tertiary/aromatic N) is 3. The summed E-state index contributed by atoms with van der Waals surface area (Å²) in [4.78, 5) is 10.7. The van der Waals surface area contributed by atoms with Crippen molar-refractivity contribution < 1.29 is 0 Å². The highest BCUT2D eigenvalue weighted by Gasteiger charge is 2.16. The number of hydrogen-bond acceptors (Lipinski definition) is 4. The predicted molar refractivity (Wildman–Crippen MR) is 65.5 cm³/mol. The van der Waals surface area contributed by atoms with Gasteiger partial charge in [0.1, 0.15) is 12.1 Å². The molecule has 2 rings (SSSR count). The summed E-state index contributed by atoms with van der Waals surface area (Å²) in [6.45, 7) is 5.46. The van der Waals surface area contributed by atoms with Crippen molar-refractivity contribution in [3.05, 3.63) is 18.1 Å². The van der Waals surface area contributed by atoms with Crippen LogP contribution in [0.4, 0.5) is 5.82 Å². The number of piperidine rings is 1. The number of aromatic nitrogens is 2. The standard InChI is InChI=1S/C12H20N4/c1-10-7-12(15-9-14-10)13-8-11-3-5-16(2)6-4-11/h7,9,11H,3-6,8H2,1-2H3,(H,13,14,15). The molecule has 1 aliphatic rings. The number of anilines is 1. The molecule has 0 unspecified atom stereocenters. The summed E-state index contributed by atoms with van der Waals surface area (Å²) < 4.78 is 0. The third-order valence-corrected chi connectivity index (χ3v) is 3.21. The molecule has 0 aliphatic carbocycles. The number of aryl methyl sites for hydroxylation is 1. The highest BCUT2D eigenvalue weighted by atomic mass is 15.1. The van der Waals surface area contributed by atoms with Crippen LogP contribution in [-0.2, 0) is 0 Å². The summed E-state index contributed by atoms with van der Waals surface area (Å²) in [6, 6.07) is 1.99. The molecule has 0 spiro atoms. The molecule has 88 valence electrons. The first-order chi connectivity index (χ1) is 7.74. The summed E-state index contributed by atoms with van der Waals surface area (Å²) in [7, 11) is 2.19. The van der Waals surface area contributed by atoms with Crippen LogP contribution in [0.5, 0.6) is 0 Å². The second-order valence-corrected chi connectivity index (χ2v) is 4.67. The van der Waals surface area contributed by atoms with Gasteiger partial charge >= 0.3 is 0 Å². The molecule has 4 heteroatoms. The highest BCUT2D eigenvalue weighted by molar-refractivity contribution is 5.34. The minimum absolute atomic E-state index is 0.784. The Balaban J connectivity index is 1.79. The largest absolute Gasteiger partial charge is 0.370 e. The fraction of sp³-hybridized carbons (Fsp3) is 0.667. The van der Waals surface area contributed by atoms with Crippen LogP contribution in [0.15, 0.2) is 12.4 Å². The molecule has 1 saturated heterocycles. The minimum Gasteiger partial charge on any atom is -0.370 e. The lowest BCUT2D eigenvalue weighted by Gasteiger charge is -2.29. The lowest BCUT2D eigenvalue weighted by atomic mass is 9.97. The van der Waals surface area contributed by atoms with E-state index in [1.807, 2.05) is 13.0 Å². The molecule has 0 bridgehead atoms. The third-order valence-electron chi connectivity index (χ3n) is 3.21. The first-order valence-electron chi connectivity index (χ1n) is 5.95. The molecule has 1 aromatic heterocycles. The second kappa shape index (κ2) is 5.25. The van der Waals surface area contributed by atoms with Crippen LogP contribution >= 0.6 is 0 Å². The van der Waals surface area contributed by atoms with Gasteiger partial charge in [0.05, 0.1) is 0 Å². The van der Waals surface area contributed by atoms with Gasteiger partial charge in [-0.05, 0) is 45.8 Å². The van der Waals surface area contributed by atoms with E-state index in [9.17, 15) is 0 Å². The van der Waals surface area contributed by atoms with Crippen molar-refractivity contribution in [1.82, 2.24) is 14.9 Å². The van der Waals surface area contributed by atoms with Crippen molar-refractivity contribution in [2.75, 3.05) is 32.0 Å². The van der Waals surface area contributed by atoms with Gasteiger partial charge in [0, 0.05) is 18.3 Å². The summed E-state index contributed by atoms with van der Waals surface area (Å²) in [5.74, 6) is 1.73. The number of rotatable bonds is 3. The van der Waals surface area contributed by atoms with Gasteiger partial charge in [-0.2, -0.15) is 0 Å². The van der Waals surface area contributed by atoms with Crippen molar-refractivity contribution >= 4 is 5.82 Å². The van der Waals surface area contributed by atoms with Gasteiger partial charge in [-0.15, -0.1) is 0 Å². The average Bonchev–Trinajstić information content (AvgIpc) is 2.28. The van der Waals surface area contributed by atoms with Crippen molar-refractivity contribution in [2.45, 2.75) is 19.8 Å². The molecule has 0 amide bonds. The molecule has 0 atom stereocenters. The predicted octanol–water partition coefficient (Wildman–Crippen LogP) is 1.54. The van der Waals surface area contributed by atoms with E-state index in [1.165, 1.54) is 25.9 Å². The normalized spacial score (nSPS) is 18.6. The summed E-state index contributed by atoms with van der Waals surface area (Å²) in [5.41, 5.74) is 1.01. The van der Waals surface area contributed by atoms with Crippen molar-refractivity contribution in [3.63, 3.8) is 0 Å². The summed E-state index contributed by atoms with van der Waals surface area (Å²) in [6.07, 6.45) is 4.19. The maximum absolute atomic E-state index is 4.21. The minimum atomic E-state index is 0.784. The molecule has 0 saturated carbocycles. The van der Waals surface area contributed by atoms with E-state index in [0.29, 0.717) is 0 Å². The first kappa shape index (κ1) is 11.3. The molecular formula is C12H20N4. The Morgan fingerprint density at radius 1 is 1.38 bits per heavy atom. The molecule has 16 heavy (non-hydrogen) atoms. The Morgan fingerprint density at radius 2 is 2.12 bits per heavy atom. The van der Waals surface area contributed by atoms with E-state index in [4.69, 9.17) is 0 Å². The van der Waals surface area contributed by atoms with Gasteiger partial charge in [0.15, 0.2) is 0 Å². The monoisotopic (exact) mass is 220 g/mol. The Labute approximate surface area is 97.1 Å². The maximum atomic E-state index is 4.21. The van der Waals surface area contributed by atoms with Gasteiger partial charge in [-0.1, -0.05) is 0 Å². The highest BCUT2D eigenvalue weighted by Crippen LogP contribution is 2.16. The van der Waals surface area contributed by atoms with Crippen molar-refractivity contribution in [2.24, 2.45) is 5.92 Å². The van der Waals surface area contributed by atoms with E-state index in [2.05, 4.69) is 27.2 Å². The van der Waals surface area contributed by atoms with Crippen molar-refractivity contribution in [3.8, 4) is 0 Å². The second-order valence-electron chi connectivity index (χ2n) is 4.67. The number of likely N-dealkylation sites (tertiary alicyclic amines) is 1. The third kappa shape index (κ3) is 3.17. The quantitative estimate of drug-likeness (QED) is 0.839. The number of nitrogens with one attached hydrogen (secondary N) is 1. The van der Waals surface area contributed by atoms with Gasteiger partial charge in [0.2, 0.25) is 0 Å². The topological polar surface area (TPSA) is 41.0 Å². The molecule has 0 aromatic carbocycles. The van der Waals surface area contributed by atoms with Gasteiger partial charge in [0.25, 0.3) is 0 Å². The molecule has 1 N–H and O–H groups in total.